The van der Waals surface area contributed by atoms with Crippen molar-refractivity contribution >= 4 is 34.8 Å². The number of carbonyl (C=O) groups is 1. The standard InChI is InChI=1S/C17H13Cl2N3O2/c1-10-4-2-3-5-14(10)17-21-15(22-24-17)9-16(23)20-13-7-11(18)6-12(19)8-13/h2-8H,9H2,1H3,(H,20,23). The summed E-state index contributed by atoms with van der Waals surface area (Å²) in [5.74, 6) is 0.408. The Hall–Kier alpha value is -2.37. The Kier molecular flexibility index (Phi) is 4.83. The van der Waals surface area contributed by atoms with Gasteiger partial charge in [0.2, 0.25) is 5.91 Å². The molecule has 5 nitrogen and oxygen atoms in total. The van der Waals surface area contributed by atoms with E-state index in [1.165, 1.54) is 0 Å². The van der Waals surface area contributed by atoms with Crippen LogP contribution in [0.1, 0.15) is 11.4 Å². The molecule has 0 saturated heterocycles. The number of benzene rings is 2. The Labute approximate surface area is 148 Å². The third-order valence-corrected chi connectivity index (χ3v) is 3.74. The number of aryl methyl sites for hydroxylation is 1. The molecule has 0 bridgehead atoms. The Morgan fingerprint density at radius 2 is 1.88 bits per heavy atom. The van der Waals surface area contributed by atoms with Gasteiger partial charge in [0.1, 0.15) is 0 Å². The molecule has 0 aliphatic rings. The van der Waals surface area contributed by atoms with Crippen LogP contribution in [0.15, 0.2) is 47.0 Å². The predicted molar refractivity (Wildman–Crippen MR) is 93.3 cm³/mol. The van der Waals surface area contributed by atoms with E-state index >= 15 is 0 Å². The molecule has 0 spiro atoms. The van der Waals surface area contributed by atoms with Crippen molar-refractivity contribution in [2.45, 2.75) is 13.3 Å². The van der Waals surface area contributed by atoms with Gasteiger partial charge in [-0.1, -0.05) is 46.6 Å². The molecule has 0 aliphatic carbocycles. The summed E-state index contributed by atoms with van der Waals surface area (Å²) in [6.45, 7) is 1.95. The van der Waals surface area contributed by atoms with Crippen LogP contribution >= 0.6 is 23.2 Å². The molecule has 0 radical (unpaired) electrons. The van der Waals surface area contributed by atoms with Crippen molar-refractivity contribution in [3.63, 3.8) is 0 Å². The maximum absolute atomic E-state index is 12.1. The monoisotopic (exact) mass is 361 g/mol. The van der Waals surface area contributed by atoms with Gasteiger partial charge in [-0.3, -0.25) is 4.79 Å². The zero-order valence-electron chi connectivity index (χ0n) is 12.7. The molecule has 0 aliphatic heterocycles. The number of carbonyl (C=O) groups excluding carboxylic acids is 1. The smallest absolute Gasteiger partial charge is 0.258 e. The largest absolute Gasteiger partial charge is 0.334 e. The molecule has 0 unspecified atom stereocenters. The minimum Gasteiger partial charge on any atom is -0.334 e. The number of halogens is 2. The first-order chi connectivity index (χ1) is 11.5. The molecular formula is C17H13Cl2N3O2. The normalized spacial score (nSPS) is 10.6. The molecule has 3 aromatic rings. The summed E-state index contributed by atoms with van der Waals surface area (Å²) in [7, 11) is 0. The number of hydrogen-bond acceptors (Lipinski definition) is 4. The minimum absolute atomic E-state index is 0.0144. The van der Waals surface area contributed by atoms with Crippen LogP contribution in [0.4, 0.5) is 5.69 Å². The molecule has 24 heavy (non-hydrogen) atoms. The van der Waals surface area contributed by atoms with E-state index in [0.717, 1.165) is 11.1 Å². The van der Waals surface area contributed by atoms with Crippen LogP contribution in [0, 0.1) is 6.92 Å². The van der Waals surface area contributed by atoms with Gasteiger partial charge in [-0.25, -0.2) is 0 Å². The van der Waals surface area contributed by atoms with E-state index in [-0.39, 0.29) is 12.3 Å². The number of anilines is 1. The van der Waals surface area contributed by atoms with Crippen molar-refractivity contribution in [1.82, 2.24) is 10.1 Å². The summed E-state index contributed by atoms with van der Waals surface area (Å²) < 4.78 is 5.24. The molecule has 0 atom stereocenters. The van der Waals surface area contributed by atoms with Crippen molar-refractivity contribution in [2.24, 2.45) is 0 Å². The first-order valence-electron chi connectivity index (χ1n) is 7.16. The molecule has 2 aromatic carbocycles. The van der Waals surface area contributed by atoms with Crippen molar-refractivity contribution in [3.05, 3.63) is 63.9 Å². The third-order valence-electron chi connectivity index (χ3n) is 3.31. The number of nitrogens with zero attached hydrogens (tertiary/aromatic N) is 2. The average molecular weight is 362 g/mol. The highest BCUT2D eigenvalue weighted by atomic mass is 35.5. The lowest BCUT2D eigenvalue weighted by atomic mass is 10.1. The fraction of sp³-hybridized carbons (Fsp3) is 0.118. The van der Waals surface area contributed by atoms with Gasteiger partial charge < -0.3 is 9.84 Å². The highest BCUT2D eigenvalue weighted by Gasteiger charge is 2.14. The molecule has 1 amide bonds. The maximum atomic E-state index is 12.1. The van der Waals surface area contributed by atoms with Crippen molar-refractivity contribution in [1.29, 1.82) is 0 Å². The van der Waals surface area contributed by atoms with Gasteiger partial charge in [-0.05, 0) is 36.8 Å². The van der Waals surface area contributed by atoms with Crippen LogP contribution in [0.25, 0.3) is 11.5 Å². The van der Waals surface area contributed by atoms with Gasteiger partial charge in [-0.15, -0.1) is 0 Å². The van der Waals surface area contributed by atoms with Gasteiger partial charge in [0.05, 0.1) is 6.42 Å². The predicted octanol–water partition coefficient (Wildman–Crippen LogP) is 4.53. The molecule has 1 N–H and O–H groups in total. The molecule has 7 heteroatoms. The van der Waals surface area contributed by atoms with E-state index in [1.54, 1.807) is 18.2 Å². The Bertz CT molecular complexity index is 873. The van der Waals surface area contributed by atoms with Gasteiger partial charge in [0, 0.05) is 21.3 Å². The van der Waals surface area contributed by atoms with Gasteiger partial charge in [-0.2, -0.15) is 4.98 Å². The summed E-state index contributed by atoms with van der Waals surface area (Å²) in [6, 6.07) is 12.5. The number of hydrogen-bond donors (Lipinski definition) is 1. The SMILES string of the molecule is Cc1ccccc1-c1nc(CC(=O)Nc2cc(Cl)cc(Cl)c2)no1. The first kappa shape index (κ1) is 16.5. The van der Waals surface area contributed by atoms with Crippen LogP contribution in [-0.4, -0.2) is 16.0 Å². The zero-order valence-corrected chi connectivity index (χ0v) is 14.2. The Morgan fingerprint density at radius 3 is 2.58 bits per heavy atom. The zero-order chi connectivity index (χ0) is 17.1. The van der Waals surface area contributed by atoms with E-state index in [2.05, 4.69) is 15.5 Å². The van der Waals surface area contributed by atoms with Gasteiger partial charge >= 0.3 is 0 Å². The third kappa shape index (κ3) is 3.93. The summed E-state index contributed by atoms with van der Waals surface area (Å²) in [5, 5.41) is 7.44. The van der Waals surface area contributed by atoms with E-state index in [4.69, 9.17) is 27.7 Å². The lowest BCUT2D eigenvalue weighted by Crippen LogP contribution is -2.15. The van der Waals surface area contributed by atoms with Gasteiger partial charge in [0.25, 0.3) is 5.89 Å². The van der Waals surface area contributed by atoms with Crippen molar-refractivity contribution in [2.75, 3.05) is 5.32 Å². The second-order valence-electron chi connectivity index (χ2n) is 5.21. The molecule has 0 fully saturated rings. The Morgan fingerprint density at radius 1 is 1.17 bits per heavy atom. The summed E-state index contributed by atoms with van der Waals surface area (Å²) >= 11 is 11.8. The van der Waals surface area contributed by atoms with Crippen LogP contribution in [0.3, 0.4) is 0 Å². The molecular weight excluding hydrogens is 349 g/mol. The number of aromatic nitrogens is 2. The van der Waals surface area contributed by atoms with Crippen LogP contribution in [0.2, 0.25) is 10.0 Å². The number of nitrogens with one attached hydrogen (secondary N) is 1. The number of rotatable bonds is 4. The summed E-state index contributed by atoms with van der Waals surface area (Å²) in [5.41, 5.74) is 2.38. The fourth-order valence-electron chi connectivity index (χ4n) is 2.22. The quantitative estimate of drug-likeness (QED) is 0.740. The fourth-order valence-corrected chi connectivity index (χ4v) is 2.75. The maximum Gasteiger partial charge on any atom is 0.258 e. The van der Waals surface area contributed by atoms with E-state index in [0.29, 0.717) is 27.4 Å². The topological polar surface area (TPSA) is 68.0 Å². The van der Waals surface area contributed by atoms with E-state index < -0.39 is 0 Å². The van der Waals surface area contributed by atoms with Crippen LogP contribution < -0.4 is 5.32 Å². The molecule has 1 heterocycles. The lowest BCUT2D eigenvalue weighted by molar-refractivity contribution is -0.115. The molecule has 0 saturated carbocycles. The highest BCUT2D eigenvalue weighted by Crippen LogP contribution is 2.23. The van der Waals surface area contributed by atoms with Crippen LogP contribution in [0.5, 0.6) is 0 Å². The minimum atomic E-state index is -0.287. The summed E-state index contributed by atoms with van der Waals surface area (Å²) in [6.07, 6.45) is -0.0144. The first-order valence-corrected chi connectivity index (χ1v) is 7.91. The lowest BCUT2D eigenvalue weighted by Gasteiger charge is -2.04. The second kappa shape index (κ2) is 7.03. The van der Waals surface area contributed by atoms with Crippen molar-refractivity contribution in [3.8, 4) is 11.5 Å². The number of amides is 1. The van der Waals surface area contributed by atoms with Crippen LogP contribution in [-0.2, 0) is 11.2 Å². The van der Waals surface area contributed by atoms with Gasteiger partial charge in [0.15, 0.2) is 5.82 Å². The summed E-state index contributed by atoms with van der Waals surface area (Å²) in [4.78, 5) is 16.4. The van der Waals surface area contributed by atoms with Crippen molar-refractivity contribution < 1.29 is 9.32 Å². The Balaban J connectivity index is 1.70. The van der Waals surface area contributed by atoms with E-state index in [1.807, 2.05) is 31.2 Å². The molecule has 122 valence electrons. The second-order valence-corrected chi connectivity index (χ2v) is 6.09. The van der Waals surface area contributed by atoms with E-state index in [9.17, 15) is 4.79 Å². The highest BCUT2D eigenvalue weighted by molar-refractivity contribution is 6.35. The molecule has 1 aromatic heterocycles. The molecule has 3 rings (SSSR count). The average Bonchev–Trinajstić information content (AvgIpc) is 2.94.